The van der Waals surface area contributed by atoms with E-state index in [9.17, 15) is 40.1 Å². The van der Waals surface area contributed by atoms with Crippen LogP contribution in [0.4, 0.5) is 37.7 Å². The molecule has 2 aromatic rings. The second-order valence-electron chi connectivity index (χ2n) is 5.91. The summed E-state index contributed by atoms with van der Waals surface area (Å²) in [4.78, 5) is 27.3. The Balaban J connectivity index is 2.62. The zero-order valence-corrected chi connectivity index (χ0v) is 16.3. The van der Waals surface area contributed by atoms with E-state index in [0.29, 0.717) is 0 Å². The molecule has 6 nitrogen and oxygen atoms in total. The minimum atomic E-state index is -5.75. The van der Waals surface area contributed by atoms with E-state index in [1.165, 1.54) is 18.2 Å². The van der Waals surface area contributed by atoms with Gasteiger partial charge in [0.05, 0.1) is 11.3 Å². The van der Waals surface area contributed by atoms with Gasteiger partial charge in [0, 0.05) is 17.3 Å². The van der Waals surface area contributed by atoms with Gasteiger partial charge >= 0.3 is 12.4 Å². The summed E-state index contributed by atoms with van der Waals surface area (Å²) in [5, 5.41) is 9.13. The molecule has 0 aromatic heterocycles. The summed E-state index contributed by atoms with van der Waals surface area (Å²) in [5.74, 6) is -6.37. The Bertz CT molecular complexity index is 1150. The molecule has 2 aromatic carbocycles. The third kappa shape index (κ3) is 5.97. The number of benzene rings is 2. The van der Waals surface area contributed by atoms with E-state index >= 15 is 0 Å². The second-order valence-corrected chi connectivity index (χ2v) is 6.24. The number of nitrogens with zero attached hydrogens (tertiary/aromatic N) is 2. The molecule has 168 valence electrons. The number of hydrogen-bond acceptors (Lipinski definition) is 6. The first-order valence-electron chi connectivity index (χ1n) is 8.26. The van der Waals surface area contributed by atoms with Gasteiger partial charge in [-0.2, -0.15) is 34.9 Å². The maximum absolute atomic E-state index is 12.7. The van der Waals surface area contributed by atoms with Gasteiger partial charge in [-0.15, -0.1) is 0 Å². The molecular weight excluding hydrogens is 466 g/mol. The molecule has 0 bridgehead atoms. The van der Waals surface area contributed by atoms with Gasteiger partial charge in [-0.05, 0) is 18.2 Å². The van der Waals surface area contributed by atoms with Crippen molar-refractivity contribution in [1.82, 2.24) is 0 Å². The van der Waals surface area contributed by atoms with Crippen LogP contribution in [0.5, 0.6) is 0 Å². The van der Waals surface area contributed by atoms with Crippen molar-refractivity contribution in [2.45, 2.75) is 12.4 Å². The minimum Gasteiger partial charge on any atom is -0.504 e. The molecule has 32 heavy (non-hydrogen) atoms. The number of carbonyl (C=O) groups is 2. The minimum absolute atomic E-state index is 0.0779. The van der Waals surface area contributed by atoms with Crippen LogP contribution in [0, 0.1) is 0 Å². The summed E-state index contributed by atoms with van der Waals surface area (Å²) in [6.45, 7) is 0. The van der Waals surface area contributed by atoms with Gasteiger partial charge in [-0.3, -0.25) is 14.6 Å². The number of rotatable bonds is 6. The standard InChI is InChI=1S/C19H10F6N2O4S/c20-18(21,22)16(29)12(17(30)19(23,24)25)9-26-14-8-11(6-7-13(14)27-32-31)15(28)10-4-2-1-3-5-10/h1-9,29H/b16-12-,26-9?. The monoisotopic (exact) mass is 476 g/mol. The number of allylic oxidation sites excluding steroid dienone is 2. The van der Waals surface area contributed by atoms with E-state index in [1.807, 2.05) is 0 Å². The van der Waals surface area contributed by atoms with Gasteiger partial charge < -0.3 is 5.11 Å². The fourth-order valence-corrected chi connectivity index (χ4v) is 2.54. The summed E-state index contributed by atoms with van der Waals surface area (Å²) >= 11 is -0.337. The number of Topliss-reactive ketones (excluding diaryl/α,β-unsaturated/α-hetero) is 1. The van der Waals surface area contributed by atoms with Crippen molar-refractivity contribution in [3.05, 3.63) is 71.0 Å². The van der Waals surface area contributed by atoms with Gasteiger partial charge in [0.2, 0.25) is 17.2 Å². The lowest BCUT2D eigenvalue weighted by molar-refractivity contribution is -0.167. The highest BCUT2D eigenvalue weighted by molar-refractivity contribution is 7.54. The number of aliphatic imine (C=N–C) groups is 1. The highest BCUT2D eigenvalue weighted by Gasteiger charge is 2.46. The molecule has 0 atom stereocenters. The average Bonchev–Trinajstić information content (AvgIpc) is 2.73. The number of halogens is 6. The number of aliphatic hydroxyl groups excluding tert-OH is 1. The van der Waals surface area contributed by atoms with Gasteiger partial charge in [-0.25, -0.2) is 0 Å². The van der Waals surface area contributed by atoms with Crippen LogP contribution in [0.15, 0.2) is 69.2 Å². The third-order valence-electron chi connectivity index (χ3n) is 3.77. The van der Waals surface area contributed by atoms with Gasteiger partial charge in [0.1, 0.15) is 5.69 Å². The molecule has 0 fully saturated rings. The Labute approximate surface area is 179 Å². The first kappa shape index (κ1) is 24.7. The first-order valence-corrected chi connectivity index (χ1v) is 8.96. The lowest BCUT2D eigenvalue weighted by atomic mass is 10.0. The molecule has 0 amide bonds. The second kappa shape index (κ2) is 9.68. The van der Waals surface area contributed by atoms with Crippen LogP contribution in [0.1, 0.15) is 15.9 Å². The summed E-state index contributed by atoms with van der Waals surface area (Å²) < 4.78 is 90.4. The van der Waals surface area contributed by atoms with E-state index < -0.39 is 40.9 Å². The summed E-state index contributed by atoms with van der Waals surface area (Å²) in [6, 6.07) is 10.9. The number of hydrogen-bond donors (Lipinski definition) is 1. The lowest BCUT2D eigenvalue weighted by Crippen LogP contribution is -2.29. The maximum Gasteiger partial charge on any atom is 0.455 e. The molecule has 0 spiro atoms. The molecule has 0 radical (unpaired) electrons. The summed E-state index contributed by atoms with van der Waals surface area (Å²) in [7, 11) is 0. The summed E-state index contributed by atoms with van der Waals surface area (Å²) in [5.41, 5.74) is -2.82. The highest BCUT2D eigenvalue weighted by Crippen LogP contribution is 2.32. The van der Waals surface area contributed by atoms with Crippen molar-refractivity contribution in [3.8, 4) is 0 Å². The fraction of sp³-hybridized carbons (Fsp3) is 0.105. The normalized spacial score (nSPS) is 12.9. The number of carbonyl (C=O) groups excluding carboxylic acids is 2. The topological polar surface area (TPSA) is 96.2 Å². The largest absolute Gasteiger partial charge is 0.504 e. The van der Waals surface area contributed by atoms with Crippen LogP contribution in [-0.4, -0.2) is 39.4 Å². The predicted octanol–water partition coefficient (Wildman–Crippen LogP) is 5.15. The molecule has 0 saturated carbocycles. The van der Waals surface area contributed by atoms with Crippen LogP contribution < -0.4 is 0 Å². The smallest absolute Gasteiger partial charge is 0.455 e. The van der Waals surface area contributed by atoms with Crippen LogP contribution >= 0.6 is 0 Å². The van der Waals surface area contributed by atoms with E-state index in [2.05, 4.69) is 9.36 Å². The molecule has 1 N–H and O–H groups in total. The molecule has 0 aliphatic rings. The van der Waals surface area contributed by atoms with Crippen molar-refractivity contribution in [2.75, 3.05) is 0 Å². The molecule has 0 heterocycles. The molecule has 0 unspecified atom stereocenters. The Morgan fingerprint density at radius 2 is 1.50 bits per heavy atom. The Kier molecular flexibility index (Phi) is 7.46. The predicted molar refractivity (Wildman–Crippen MR) is 101 cm³/mol. The van der Waals surface area contributed by atoms with E-state index in [0.717, 1.165) is 12.1 Å². The first-order chi connectivity index (χ1) is 14.9. The van der Waals surface area contributed by atoms with E-state index in [1.54, 1.807) is 18.2 Å². The van der Waals surface area contributed by atoms with Crippen LogP contribution in [0.2, 0.25) is 0 Å². The van der Waals surface area contributed by atoms with Crippen molar-refractivity contribution in [3.63, 3.8) is 0 Å². The van der Waals surface area contributed by atoms with Gasteiger partial charge in [-0.1, -0.05) is 30.3 Å². The zero-order chi connectivity index (χ0) is 24.1. The van der Waals surface area contributed by atoms with E-state index in [4.69, 9.17) is 5.11 Å². The molecular formula is C19H10F6N2O4S. The molecule has 0 aliphatic heterocycles. The summed E-state index contributed by atoms with van der Waals surface area (Å²) in [6.07, 6.45) is -11.6. The SMILES string of the molecule is O=S=Nc1ccc(C(=O)c2ccccc2)cc1N=C/C(C(=O)C(F)(F)F)=C(/O)C(F)(F)F. The van der Waals surface area contributed by atoms with Crippen molar-refractivity contribution < 1.29 is 45.2 Å². The Morgan fingerprint density at radius 3 is 2.03 bits per heavy atom. The molecule has 0 aliphatic carbocycles. The Hall–Kier alpha value is -3.61. The number of aliphatic hydroxyl groups is 1. The zero-order valence-electron chi connectivity index (χ0n) is 15.4. The van der Waals surface area contributed by atoms with Crippen molar-refractivity contribution in [1.29, 1.82) is 0 Å². The highest BCUT2D eigenvalue weighted by atomic mass is 32.1. The number of ketones is 2. The fourth-order valence-electron chi connectivity index (χ4n) is 2.31. The maximum atomic E-state index is 12.7. The van der Waals surface area contributed by atoms with Crippen LogP contribution in [-0.2, 0) is 16.3 Å². The molecule has 13 heteroatoms. The Morgan fingerprint density at radius 1 is 0.875 bits per heavy atom. The third-order valence-corrected chi connectivity index (χ3v) is 4.04. The average molecular weight is 476 g/mol. The number of alkyl halides is 6. The molecule has 0 saturated heterocycles. The van der Waals surface area contributed by atoms with Gasteiger partial charge in [0.15, 0.2) is 5.78 Å². The lowest BCUT2D eigenvalue weighted by Gasteiger charge is -2.11. The van der Waals surface area contributed by atoms with Crippen LogP contribution in [0.25, 0.3) is 0 Å². The molecule has 2 rings (SSSR count). The van der Waals surface area contributed by atoms with Crippen LogP contribution in [0.3, 0.4) is 0 Å². The quantitative estimate of drug-likeness (QED) is 0.205. The van der Waals surface area contributed by atoms with Crippen molar-refractivity contribution >= 4 is 40.6 Å². The van der Waals surface area contributed by atoms with E-state index in [-0.39, 0.29) is 34.5 Å². The van der Waals surface area contributed by atoms with Gasteiger partial charge in [0.25, 0.3) is 5.78 Å². The van der Waals surface area contributed by atoms with Crippen molar-refractivity contribution in [2.24, 2.45) is 9.36 Å².